The zero-order valence-corrected chi connectivity index (χ0v) is 14.4. The van der Waals surface area contributed by atoms with Crippen molar-refractivity contribution < 1.29 is 14.0 Å². The van der Waals surface area contributed by atoms with Crippen molar-refractivity contribution in [3.05, 3.63) is 22.4 Å². The lowest BCUT2D eigenvalue weighted by molar-refractivity contribution is -0.130. The Kier molecular flexibility index (Phi) is 5.25. The Morgan fingerprint density at radius 3 is 3.04 bits per heavy atom. The number of rotatable bonds is 5. The summed E-state index contributed by atoms with van der Waals surface area (Å²) in [6.45, 7) is 1.49. The SMILES string of the molecule is CN1N=C(C(=O)NC[C@@H]2C[C@H](F)CN2Cc2cccs2)CCC1=O. The van der Waals surface area contributed by atoms with Gasteiger partial charge in [-0.2, -0.15) is 5.10 Å². The van der Waals surface area contributed by atoms with Gasteiger partial charge in [-0.05, 0) is 17.9 Å². The van der Waals surface area contributed by atoms with Crippen LogP contribution in [0, 0.1) is 0 Å². The first-order valence-electron chi connectivity index (χ1n) is 8.05. The molecule has 24 heavy (non-hydrogen) atoms. The third kappa shape index (κ3) is 3.99. The summed E-state index contributed by atoms with van der Waals surface area (Å²) in [6.07, 6.45) is 0.215. The molecule has 2 aliphatic heterocycles. The lowest BCUT2D eigenvalue weighted by Crippen LogP contribution is -2.43. The number of carbonyl (C=O) groups excluding carboxylic acids is 2. The molecule has 3 heterocycles. The molecule has 1 fully saturated rings. The number of hydrogen-bond donors (Lipinski definition) is 1. The molecule has 2 amide bonds. The molecule has 6 nitrogen and oxygen atoms in total. The van der Waals surface area contributed by atoms with Crippen LogP contribution in [-0.4, -0.2) is 59.8 Å². The first-order chi connectivity index (χ1) is 11.5. The minimum Gasteiger partial charge on any atom is -0.349 e. The Labute approximate surface area is 144 Å². The number of hydrazone groups is 1. The van der Waals surface area contributed by atoms with E-state index in [0.717, 1.165) is 0 Å². The Bertz CT molecular complexity index is 634. The molecule has 130 valence electrons. The van der Waals surface area contributed by atoms with Gasteiger partial charge in [0.1, 0.15) is 11.9 Å². The summed E-state index contributed by atoms with van der Waals surface area (Å²) in [4.78, 5) is 26.9. The number of nitrogens with zero attached hydrogens (tertiary/aromatic N) is 3. The van der Waals surface area contributed by atoms with Crippen LogP contribution in [0.25, 0.3) is 0 Å². The van der Waals surface area contributed by atoms with Gasteiger partial charge < -0.3 is 5.32 Å². The molecular formula is C16H21FN4O2S. The molecule has 1 aromatic heterocycles. The summed E-state index contributed by atoms with van der Waals surface area (Å²) >= 11 is 1.65. The fraction of sp³-hybridized carbons (Fsp3) is 0.562. The quantitative estimate of drug-likeness (QED) is 0.871. The predicted molar refractivity (Wildman–Crippen MR) is 90.5 cm³/mol. The van der Waals surface area contributed by atoms with Crippen molar-refractivity contribution in [3.63, 3.8) is 0 Å². The minimum absolute atomic E-state index is 0.0189. The van der Waals surface area contributed by atoms with Crippen LogP contribution in [0.15, 0.2) is 22.6 Å². The maximum absolute atomic E-state index is 13.8. The van der Waals surface area contributed by atoms with Gasteiger partial charge in [0.2, 0.25) is 5.91 Å². The van der Waals surface area contributed by atoms with Crippen molar-refractivity contribution in [1.82, 2.24) is 15.2 Å². The average molecular weight is 352 g/mol. The van der Waals surface area contributed by atoms with Gasteiger partial charge in [-0.3, -0.25) is 14.5 Å². The van der Waals surface area contributed by atoms with E-state index in [-0.39, 0.29) is 17.9 Å². The summed E-state index contributed by atoms with van der Waals surface area (Å²) < 4.78 is 13.8. The van der Waals surface area contributed by atoms with Crippen molar-refractivity contribution in [2.45, 2.75) is 38.0 Å². The lowest BCUT2D eigenvalue weighted by atomic mass is 10.1. The zero-order chi connectivity index (χ0) is 17.1. The monoisotopic (exact) mass is 352 g/mol. The third-order valence-electron chi connectivity index (χ3n) is 4.38. The highest BCUT2D eigenvalue weighted by molar-refractivity contribution is 7.09. The van der Waals surface area contributed by atoms with Gasteiger partial charge in [0.15, 0.2) is 0 Å². The fourth-order valence-electron chi connectivity index (χ4n) is 3.08. The summed E-state index contributed by atoms with van der Waals surface area (Å²) in [5, 5.41) is 10.1. The molecule has 3 rings (SSSR count). The topological polar surface area (TPSA) is 65.0 Å². The number of hydrogen-bond acceptors (Lipinski definition) is 5. The molecule has 0 radical (unpaired) electrons. The predicted octanol–water partition coefficient (Wildman–Crippen LogP) is 1.38. The van der Waals surface area contributed by atoms with Gasteiger partial charge in [-0.1, -0.05) is 6.07 Å². The summed E-state index contributed by atoms with van der Waals surface area (Å²) in [6, 6.07) is 4.00. The number of nitrogens with one attached hydrogen (secondary N) is 1. The molecule has 2 atom stereocenters. The maximum atomic E-state index is 13.8. The van der Waals surface area contributed by atoms with E-state index in [0.29, 0.717) is 44.6 Å². The van der Waals surface area contributed by atoms with E-state index in [9.17, 15) is 14.0 Å². The molecule has 2 aliphatic rings. The summed E-state index contributed by atoms with van der Waals surface area (Å²) in [5.41, 5.74) is 0.358. The van der Waals surface area contributed by atoms with Gasteiger partial charge in [-0.25, -0.2) is 9.40 Å². The molecule has 0 aliphatic carbocycles. The highest BCUT2D eigenvalue weighted by Crippen LogP contribution is 2.23. The highest BCUT2D eigenvalue weighted by atomic mass is 32.1. The number of thiophene rings is 1. The van der Waals surface area contributed by atoms with Crippen LogP contribution >= 0.6 is 11.3 Å². The van der Waals surface area contributed by atoms with Crippen LogP contribution in [-0.2, 0) is 16.1 Å². The first-order valence-corrected chi connectivity index (χ1v) is 8.93. The molecule has 1 aromatic rings. The normalized spacial score (nSPS) is 25.0. The first kappa shape index (κ1) is 17.0. The number of likely N-dealkylation sites (tertiary alicyclic amines) is 1. The molecule has 0 spiro atoms. The molecule has 0 unspecified atom stereocenters. The number of alkyl halides is 1. The Balaban J connectivity index is 1.55. The molecule has 0 bridgehead atoms. The van der Waals surface area contributed by atoms with E-state index in [4.69, 9.17) is 0 Å². The fourth-order valence-corrected chi connectivity index (χ4v) is 3.81. The highest BCUT2D eigenvalue weighted by Gasteiger charge is 2.33. The van der Waals surface area contributed by atoms with Crippen LogP contribution in [0.2, 0.25) is 0 Å². The van der Waals surface area contributed by atoms with Crippen molar-refractivity contribution in [1.29, 1.82) is 0 Å². The van der Waals surface area contributed by atoms with Crippen LogP contribution in [0.3, 0.4) is 0 Å². The second kappa shape index (κ2) is 7.40. The molecule has 1 N–H and O–H groups in total. The van der Waals surface area contributed by atoms with Gasteiger partial charge in [0, 0.05) is 50.4 Å². The lowest BCUT2D eigenvalue weighted by Gasteiger charge is -2.24. The Morgan fingerprint density at radius 2 is 2.33 bits per heavy atom. The van der Waals surface area contributed by atoms with Gasteiger partial charge in [0.25, 0.3) is 5.91 Å². The van der Waals surface area contributed by atoms with Crippen molar-refractivity contribution in [2.24, 2.45) is 5.10 Å². The minimum atomic E-state index is -0.859. The number of amides is 2. The third-order valence-corrected chi connectivity index (χ3v) is 5.24. The van der Waals surface area contributed by atoms with E-state index in [2.05, 4.69) is 15.3 Å². The van der Waals surface area contributed by atoms with E-state index in [1.807, 2.05) is 17.5 Å². The average Bonchev–Trinajstić information content (AvgIpc) is 3.18. The summed E-state index contributed by atoms with van der Waals surface area (Å²) in [5.74, 6) is -0.363. The van der Waals surface area contributed by atoms with Crippen LogP contribution in [0.5, 0.6) is 0 Å². The molecule has 1 saturated heterocycles. The van der Waals surface area contributed by atoms with Crippen molar-refractivity contribution >= 4 is 28.9 Å². The van der Waals surface area contributed by atoms with E-state index in [1.54, 1.807) is 18.4 Å². The maximum Gasteiger partial charge on any atom is 0.267 e. The van der Waals surface area contributed by atoms with Gasteiger partial charge in [-0.15, -0.1) is 11.3 Å². The molecule has 0 aromatic carbocycles. The smallest absolute Gasteiger partial charge is 0.267 e. The van der Waals surface area contributed by atoms with Crippen LogP contribution in [0.4, 0.5) is 4.39 Å². The summed E-state index contributed by atoms with van der Waals surface area (Å²) in [7, 11) is 1.54. The Morgan fingerprint density at radius 1 is 1.50 bits per heavy atom. The zero-order valence-electron chi connectivity index (χ0n) is 13.6. The van der Waals surface area contributed by atoms with Crippen molar-refractivity contribution in [3.8, 4) is 0 Å². The molecule has 0 saturated carbocycles. The number of carbonyl (C=O) groups is 2. The second-order valence-corrected chi connectivity index (χ2v) is 7.20. The van der Waals surface area contributed by atoms with Gasteiger partial charge in [0.05, 0.1) is 0 Å². The molecule has 8 heteroatoms. The van der Waals surface area contributed by atoms with Crippen LogP contribution < -0.4 is 5.32 Å². The van der Waals surface area contributed by atoms with E-state index in [1.165, 1.54) is 9.89 Å². The van der Waals surface area contributed by atoms with E-state index < -0.39 is 6.17 Å². The Hall–Kier alpha value is -1.80. The number of halogens is 1. The molecular weight excluding hydrogens is 331 g/mol. The van der Waals surface area contributed by atoms with Crippen LogP contribution in [0.1, 0.15) is 24.1 Å². The standard InChI is InChI=1S/C16H21FN4O2S/c1-20-15(22)5-4-14(19-20)16(23)18-8-12-7-11(17)9-21(12)10-13-3-2-6-24-13/h2-3,6,11-12H,4-5,7-10H2,1H3,(H,18,23)/t11-,12-/m0/s1. The second-order valence-electron chi connectivity index (χ2n) is 6.17. The largest absolute Gasteiger partial charge is 0.349 e. The van der Waals surface area contributed by atoms with Gasteiger partial charge >= 0.3 is 0 Å². The van der Waals surface area contributed by atoms with E-state index >= 15 is 0 Å². The van der Waals surface area contributed by atoms with Crippen molar-refractivity contribution in [2.75, 3.05) is 20.1 Å².